The molecule has 1 aliphatic carbocycles. The van der Waals surface area contributed by atoms with Crippen LogP contribution in [0, 0.1) is 0 Å². The first kappa shape index (κ1) is 15.4. The third-order valence-corrected chi connectivity index (χ3v) is 3.91. The number of para-hydroxylation sites is 1. The number of anilines is 1. The Balaban J connectivity index is 2.09. The van der Waals surface area contributed by atoms with E-state index < -0.39 is 5.97 Å². The van der Waals surface area contributed by atoms with Crippen molar-refractivity contribution in [3.63, 3.8) is 0 Å². The number of carbonyl (C=O) groups excluding carboxylic acids is 2. The van der Waals surface area contributed by atoms with E-state index in [2.05, 4.69) is 5.32 Å². The second-order valence-corrected chi connectivity index (χ2v) is 5.35. The molecule has 114 valence electrons. The molecule has 1 fully saturated rings. The van der Waals surface area contributed by atoms with E-state index in [1.54, 1.807) is 31.3 Å². The zero-order valence-corrected chi connectivity index (χ0v) is 12.6. The summed E-state index contributed by atoms with van der Waals surface area (Å²) in [7, 11) is 3.00. The molecule has 0 spiro atoms. The van der Waals surface area contributed by atoms with Crippen LogP contribution in [-0.2, 0) is 4.74 Å². The average Bonchev–Trinajstić information content (AvgIpc) is 2.54. The van der Waals surface area contributed by atoms with Crippen molar-refractivity contribution in [2.45, 2.75) is 38.1 Å². The smallest absolute Gasteiger partial charge is 0.339 e. The van der Waals surface area contributed by atoms with Gasteiger partial charge in [-0.15, -0.1) is 0 Å². The molecule has 1 saturated carbocycles. The topological polar surface area (TPSA) is 58.6 Å². The van der Waals surface area contributed by atoms with Gasteiger partial charge in [-0.25, -0.2) is 9.59 Å². The molecule has 0 radical (unpaired) electrons. The molecule has 2 amide bonds. The number of nitrogens with one attached hydrogen (secondary N) is 1. The SMILES string of the molecule is COC(=O)c1ccccc1N(C)C(=O)NC1CCCCC1. The zero-order valence-electron chi connectivity index (χ0n) is 12.6. The molecule has 0 aliphatic heterocycles. The molecule has 0 saturated heterocycles. The molecule has 5 heteroatoms. The highest BCUT2D eigenvalue weighted by molar-refractivity contribution is 6.01. The van der Waals surface area contributed by atoms with Gasteiger partial charge in [-0.05, 0) is 25.0 Å². The van der Waals surface area contributed by atoms with Crippen LogP contribution in [0.2, 0.25) is 0 Å². The number of urea groups is 1. The van der Waals surface area contributed by atoms with Crippen LogP contribution < -0.4 is 10.2 Å². The fourth-order valence-corrected chi connectivity index (χ4v) is 2.68. The number of ether oxygens (including phenoxy) is 1. The minimum Gasteiger partial charge on any atom is -0.465 e. The highest BCUT2D eigenvalue weighted by atomic mass is 16.5. The van der Waals surface area contributed by atoms with Gasteiger partial charge in [0.05, 0.1) is 18.4 Å². The quantitative estimate of drug-likeness (QED) is 0.871. The van der Waals surface area contributed by atoms with Crippen LogP contribution in [0.4, 0.5) is 10.5 Å². The Morgan fingerprint density at radius 2 is 1.86 bits per heavy atom. The van der Waals surface area contributed by atoms with E-state index in [0.29, 0.717) is 11.3 Å². The molecule has 0 unspecified atom stereocenters. The van der Waals surface area contributed by atoms with Crippen LogP contribution in [-0.4, -0.2) is 32.2 Å². The van der Waals surface area contributed by atoms with Crippen molar-refractivity contribution >= 4 is 17.7 Å². The average molecular weight is 290 g/mol. The number of carbonyl (C=O) groups is 2. The number of methoxy groups -OCH3 is 1. The molecule has 1 N–H and O–H groups in total. The predicted octanol–water partition coefficient (Wildman–Crippen LogP) is 2.95. The molecule has 0 aromatic heterocycles. The Bertz CT molecular complexity index is 510. The lowest BCUT2D eigenvalue weighted by molar-refractivity contribution is 0.0601. The van der Waals surface area contributed by atoms with E-state index in [9.17, 15) is 9.59 Å². The van der Waals surface area contributed by atoms with Crippen molar-refractivity contribution in [1.29, 1.82) is 0 Å². The van der Waals surface area contributed by atoms with Gasteiger partial charge in [-0.2, -0.15) is 0 Å². The molecule has 1 aromatic carbocycles. The number of esters is 1. The normalized spacial score (nSPS) is 15.3. The van der Waals surface area contributed by atoms with Crippen LogP contribution in [0.5, 0.6) is 0 Å². The molecule has 1 aliphatic rings. The molecule has 1 aromatic rings. The number of nitrogens with zero attached hydrogens (tertiary/aromatic N) is 1. The number of rotatable bonds is 3. The summed E-state index contributed by atoms with van der Waals surface area (Å²) in [6.45, 7) is 0. The van der Waals surface area contributed by atoms with Crippen LogP contribution in [0.1, 0.15) is 42.5 Å². The predicted molar refractivity (Wildman–Crippen MR) is 81.6 cm³/mol. The second-order valence-electron chi connectivity index (χ2n) is 5.35. The summed E-state index contributed by atoms with van der Waals surface area (Å²) in [5, 5.41) is 3.04. The standard InChI is InChI=1S/C16H22N2O3/c1-18(16(20)17-12-8-4-3-5-9-12)14-11-7-6-10-13(14)15(19)21-2/h6-7,10-12H,3-5,8-9H2,1-2H3,(H,17,20). The van der Waals surface area contributed by atoms with Gasteiger partial charge >= 0.3 is 12.0 Å². The zero-order chi connectivity index (χ0) is 15.2. The number of hydrogen-bond donors (Lipinski definition) is 1. The fraction of sp³-hybridized carbons (Fsp3) is 0.500. The number of hydrogen-bond acceptors (Lipinski definition) is 3. The first-order valence-electron chi connectivity index (χ1n) is 7.35. The number of benzene rings is 1. The summed E-state index contributed by atoms with van der Waals surface area (Å²) in [5.41, 5.74) is 0.943. The summed E-state index contributed by atoms with van der Waals surface area (Å²) in [6, 6.07) is 7.00. The summed E-state index contributed by atoms with van der Waals surface area (Å²) in [5.74, 6) is -0.442. The van der Waals surface area contributed by atoms with Crippen LogP contribution in [0.15, 0.2) is 24.3 Å². The maximum atomic E-state index is 12.3. The lowest BCUT2D eigenvalue weighted by Crippen LogP contribution is -2.44. The minimum absolute atomic E-state index is 0.182. The summed E-state index contributed by atoms with van der Waals surface area (Å²) in [4.78, 5) is 25.6. The van der Waals surface area contributed by atoms with Crippen molar-refractivity contribution in [3.8, 4) is 0 Å². The van der Waals surface area contributed by atoms with Gasteiger partial charge < -0.3 is 10.1 Å². The van der Waals surface area contributed by atoms with Gasteiger partial charge in [0.15, 0.2) is 0 Å². The fourth-order valence-electron chi connectivity index (χ4n) is 2.68. The van der Waals surface area contributed by atoms with Gasteiger partial charge in [-0.3, -0.25) is 4.90 Å². The Labute approximate surface area is 125 Å². The van der Waals surface area contributed by atoms with Gasteiger partial charge in [0.2, 0.25) is 0 Å². The molecule has 2 rings (SSSR count). The Morgan fingerprint density at radius 3 is 2.52 bits per heavy atom. The molecular weight excluding hydrogens is 268 g/mol. The highest BCUT2D eigenvalue weighted by Gasteiger charge is 2.21. The van der Waals surface area contributed by atoms with E-state index in [4.69, 9.17) is 4.74 Å². The Morgan fingerprint density at radius 1 is 1.19 bits per heavy atom. The van der Waals surface area contributed by atoms with Crippen molar-refractivity contribution < 1.29 is 14.3 Å². The Hall–Kier alpha value is -2.04. The van der Waals surface area contributed by atoms with E-state index in [1.807, 2.05) is 0 Å². The lowest BCUT2D eigenvalue weighted by atomic mass is 9.96. The van der Waals surface area contributed by atoms with Crippen LogP contribution >= 0.6 is 0 Å². The van der Waals surface area contributed by atoms with Crippen LogP contribution in [0.3, 0.4) is 0 Å². The minimum atomic E-state index is -0.442. The van der Waals surface area contributed by atoms with Gasteiger partial charge in [0, 0.05) is 13.1 Å². The second kappa shape index (κ2) is 7.11. The third kappa shape index (κ3) is 3.74. The first-order valence-corrected chi connectivity index (χ1v) is 7.35. The highest BCUT2D eigenvalue weighted by Crippen LogP contribution is 2.21. The molecule has 0 heterocycles. The lowest BCUT2D eigenvalue weighted by Gasteiger charge is -2.27. The summed E-state index contributed by atoms with van der Waals surface area (Å²) < 4.78 is 4.76. The third-order valence-electron chi connectivity index (χ3n) is 3.91. The largest absolute Gasteiger partial charge is 0.465 e. The maximum absolute atomic E-state index is 12.3. The first-order chi connectivity index (χ1) is 10.1. The van der Waals surface area contributed by atoms with Gasteiger partial charge in [0.1, 0.15) is 0 Å². The van der Waals surface area contributed by atoms with Gasteiger partial charge in [0.25, 0.3) is 0 Å². The van der Waals surface area contributed by atoms with E-state index in [-0.39, 0.29) is 12.1 Å². The van der Waals surface area contributed by atoms with Crippen molar-refractivity contribution in [1.82, 2.24) is 5.32 Å². The van der Waals surface area contributed by atoms with Crippen LogP contribution in [0.25, 0.3) is 0 Å². The summed E-state index contributed by atoms with van der Waals surface area (Å²) in [6.07, 6.45) is 5.62. The van der Waals surface area contributed by atoms with E-state index >= 15 is 0 Å². The summed E-state index contributed by atoms with van der Waals surface area (Å²) >= 11 is 0. The number of amides is 2. The molecular formula is C16H22N2O3. The molecule has 5 nitrogen and oxygen atoms in total. The molecule has 21 heavy (non-hydrogen) atoms. The van der Waals surface area contributed by atoms with Crippen molar-refractivity contribution in [2.75, 3.05) is 19.1 Å². The van der Waals surface area contributed by atoms with E-state index in [1.165, 1.54) is 18.4 Å². The van der Waals surface area contributed by atoms with E-state index in [0.717, 1.165) is 25.7 Å². The molecule has 0 atom stereocenters. The monoisotopic (exact) mass is 290 g/mol. The Kier molecular flexibility index (Phi) is 5.20. The van der Waals surface area contributed by atoms with Gasteiger partial charge in [-0.1, -0.05) is 31.4 Å². The van der Waals surface area contributed by atoms with Crippen molar-refractivity contribution in [2.24, 2.45) is 0 Å². The van der Waals surface area contributed by atoms with Crippen molar-refractivity contribution in [3.05, 3.63) is 29.8 Å². The molecule has 0 bridgehead atoms. The maximum Gasteiger partial charge on any atom is 0.339 e.